The predicted molar refractivity (Wildman–Crippen MR) is 95.6 cm³/mol. The summed E-state index contributed by atoms with van der Waals surface area (Å²) in [5, 5.41) is 10.9. The van der Waals surface area contributed by atoms with Crippen molar-refractivity contribution in [3.8, 4) is 0 Å². The molecule has 130 valence electrons. The van der Waals surface area contributed by atoms with Gasteiger partial charge in [-0.15, -0.1) is 0 Å². The summed E-state index contributed by atoms with van der Waals surface area (Å²) < 4.78 is 0. The number of benzene rings is 1. The van der Waals surface area contributed by atoms with E-state index in [1.807, 2.05) is 0 Å². The molecular formula is C18H21N5O2. The maximum absolute atomic E-state index is 10.9. The van der Waals surface area contributed by atoms with Crippen LogP contribution < -0.4 is 10.6 Å². The summed E-state index contributed by atoms with van der Waals surface area (Å²) in [5.74, 6) is 0.894. The molecule has 1 aliphatic heterocycles. The fraction of sp³-hybridized carbons (Fsp3) is 0.444. The molecule has 1 aromatic heterocycles. The van der Waals surface area contributed by atoms with Crippen molar-refractivity contribution in [2.75, 3.05) is 17.2 Å². The molecule has 0 radical (unpaired) electrons. The first-order valence-corrected chi connectivity index (χ1v) is 8.76. The zero-order valence-corrected chi connectivity index (χ0v) is 14.0. The lowest BCUT2D eigenvalue weighted by atomic mass is 9.78. The van der Waals surface area contributed by atoms with Gasteiger partial charge < -0.3 is 10.6 Å². The summed E-state index contributed by atoms with van der Waals surface area (Å²) in [6.45, 7) is 0.862. The number of nitro groups is 1. The van der Waals surface area contributed by atoms with Crippen molar-refractivity contribution in [3.63, 3.8) is 0 Å². The molecule has 1 fully saturated rings. The average Bonchev–Trinajstić information content (AvgIpc) is 3.10. The number of hydrogen-bond donors (Lipinski definition) is 1. The molecule has 0 unspecified atom stereocenters. The Morgan fingerprint density at radius 3 is 2.88 bits per heavy atom. The molecule has 7 heteroatoms. The summed E-state index contributed by atoms with van der Waals surface area (Å²) in [7, 11) is 0. The average molecular weight is 339 g/mol. The molecule has 4 rings (SSSR count). The van der Waals surface area contributed by atoms with Crippen LogP contribution in [0.5, 0.6) is 0 Å². The molecule has 0 amide bonds. The molecular weight excluding hydrogens is 318 g/mol. The maximum Gasteiger partial charge on any atom is 0.329 e. The lowest BCUT2D eigenvalue weighted by molar-refractivity contribution is -0.384. The van der Waals surface area contributed by atoms with Gasteiger partial charge >= 0.3 is 5.69 Å². The molecule has 2 atom stereocenters. The van der Waals surface area contributed by atoms with Crippen LogP contribution in [0.15, 0.2) is 30.5 Å². The zero-order chi connectivity index (χ0) is 17.4. The molecule has 0 saturated carbocycles. The first-order chi connectivity index (χ1) is 12.1. The van der Waals surface area contributed by atoms with E-state index in [0.717, 1.165) is 32.2 Å². The molecule has 0 spiro atoms. The van der Waals surface area contributed by atoms with Crippen LogP contribution in [-0.4, -0.2) is 27.5 Å². The van der Waals surface area contributed by atoms with Crippen LogP contribution in [-0.2, 0) is 6.42 Å². The highest BCUT2D eigenvalue weighted by atomic mass is 16.6. The third-order valence-corrected chi connectivity index (χ3v) is 5.42. The van der Waals surface area contributed by atoms with Gasteiger partial charge in [0.25, 0.3) is 0 Å². The standard InChI is InChI=1S/C18H21N5O2/c19-17-16(23(24)25)11-20-18(21-17)22-10-4-9-15(22)14-8-3-6-12-5-1-2-7-13(12)14/h1-2,5,7,11,14-15H,3-4,6,8-10H2,(H2,19,20,21)/t14-,15-/m0/s1. The van der Waals surface area contributed by atoms with Gasteiger partial charge in [-0.2, -0.15) is 4.98 Å². The summed E-state index contributed by atoms with van der Waals surface area (Å²) in [4.78, 5) is 21.0. The Bertz CT molecular complexity index is 810. The van der Waals surface area contributed by atoms with Crippen LogP contribution in [0.1, 0.15) is 42.7 Å². The summed E-state index contributed by atoms with van der Waals surface area (Å²) in [5.41, 5.74) is 8.41. The fourth-order valence-electron chi connectivity index (χ4n) is 4.31. The van der Waals surface area contributed by atoms with Gasteiger partial charge in [-0.05, 0) is 43.2 Å². The number of nitrogens with two attached hydrogens (primary N) is 1. The first-order valence-electron chi connectivity index (χ1n) is 8.76. The second-order valence-corrected chi connectivity index (χ2v) is 6.80. The van der Waals surface area contributed by atoms with Crippen LogP contribution >= 0.6 is 0 Å². The Morgan fingerprint density at radius 2 is 2.08 bits per heavy atom. The molecule has 2 heterocycles. The number of hydrogen-bond acceptors (Lipinski definition) is 6. The molecule has 2 aliphatic rings. The topological polar surface area (TPSA) is 98.2 Å². The number of anilines is 2. The number of aryl methyl sites for hydroxylation is 1. The highest BCUT2D eigenvalue weighted by Crippen LogP contribution is 2.40. The Labute approximate surface area is 146 Å². The number of nitrogen functional groups attached to an aromatic ring is 1. The van der Waals surface area contributed by atoms with Crippen molar-refractivity contribution in [3.05, 3.63) is 51.7 Å². The normalized spacial score (nSPS) is 22.6. The highest BCUT2D eigenvalue weighted by molar-refractivity contribution is 5.54. The van der Waals surface area contributed by atoms with Gasteiger partial charge in [0.05, 0.1) is 4.92 Å². The first kappa shape index (κ1) is 15.8. The zero-order valence-electron chi connectivity index (χ0n) is 14.0. The van der Waals surface area contributed by atoms with Crippen LogP contribution in [0, 0.1) is 10.1 Å². The van der Waals surface area contributed by atoms with E-state index in [9.17, 15) is 10.1 Å². The fourth-order valence-corrected chi connectivity index (χ4v) is 4.31. The van der Waals surface area contributed by atoms with E-state index in [0.29, 0.717) is 17.9 Å². The van der Waals surface area contributed by atoms with Gasteiger partial charge in [0.2, 0.25) is 11.8 Å². The van der Waals surface area contributed by atoms with Crippen molar-refractivity contribution in [2.24, 2.45) is 0 Å². The third kappa shape index (κ3) is 2.79. The lowest BCUT2D eigenvalue weighted by Crippen LogP contribution is -2.37. The van der Waals surface area contributed by atoms with Crippen molar-refractivity contribution in [1.29, 1.82) is 0 Å². The van der Waals surface area contributed by atoms with Gasteiger partial charge in [0.15, 0.2) is 0 Å². The number of rotatable bonds is 3. The van der Waals surface area contributed by atoms with E-state index >= 15 is 0 Å². The second kappa shape index (κ2) is 6.31. The summed E-state index contributed by atoms with van der Waals surface area (Å²) in [6.07, 6.45) is 6.86. The van der Waals surface area contributed by atoms with Gasteiger partial charge in [-0.3, -0.25) is 10.1 Å². The van der Waals surface area contributed by atoms with Crippen LogP contribution in [0.4, 0.5) is 17.5 Å². The number of nitrogens with zero attached hydrogens (tertiary/aromatic N) is 4. The minimum absolute atomic E-state index is 0.0651. The molecule has 25 heavy (non-hydrogen) atoms. The van der Waals surface area contributed by atoms with Crippen LogP contribution in [0.2, 0.25) is 0 Å². The van der Waals surface area contributed by atoms with Gasteiger partial charge in [-0.1, -0.05) is 24.3 Å². The van der Waals surface area contributed by atoms with E-state index in [4.69, 9.17) is 5.73 Å². The molecule has 2 N–H and O–H groups in total. The predicted octanol–water partition coefficient (Wildman–Crippen LogP) is 3.06. The van der Waals surface area contributed by atoms with E-state index in [-0.39, 0.29) is 11.5 Å². The van der Waals surface area contributed by atoms with Gasteiger partial charge in [0.1, 0.15) is 6.20 Å². The van der Waals surface area contributed by atoms with Gasteiger partial charge in [-0.25, -0.2) is 4.98 Å². The molecule has 7 nitrogen and oxygen atoms in total. The van der Waals surface area contributed by atoms with E-state index in [1.54, 1.807) is 0 Å². The van der Waals surface area contributed by atoms with Crippen LogP contribution in [0.25, 0.3) is 0 Å². The van der Waals surface area contributed by atoms with Crippen molar-refractivity contribution < 1.29 is 4.92 Å². The lowest BCUT2D eigenvalue weighted by Gasteiger charge is -2.35. The van der Waals surface area contributed by atoms with Gasteiger partial charge in [0, 0.05) is 18.5 Å². The Hall–Kier alpha value is -2.70. The molecule has 1 saturated heterocycles. The van der Waals surface area contributed by atoms with Crippen LogP contribution in [0.3, 0.4) is 0 Å². The Kier molecular flexibility index (Phi) is 3.99. The van der Waals surface area contributed by atoms with Crippen molar-refractivity contribution >= 4 is 17.5 Å². The van der Waals surface area contributed by atoms with Crippen molar-refractivity contribution in [2.45, 2.75) is 44.1 Å². The van der Waals surface area contributed by atoms with Crippen molar-refractivity contribution in [1.82, 2.24) is 9.97 Å². The van der Waals surface area contributed by atoms with E-state index < -0.39 is 4.92 Å². The minimum atomic E-state index is -0.544. The highest BCUT2D eigenvalue weighted by Gasteiger charge is 2.36. The number of fused-ring (bicyclic) bond motifs is 1. The quantitative estimate of drug-likeness (QED) is 0.681. The Morgan fingerprint density at radius 1 is 1.24 bits per heavy atom. The summed E-state index contributed by atoms with van der Waals surface area (Å²) in [6, 6.07) is 8.99. The molecule has 2 aromatic rings. The maximum atomic E-state index is 10.9. The van der Waals surface area contributed by atoms with E-state index in [2.05, 4.69) is 39.1 Å². The number of aromatic nitrogens is 2. The minimum Gasteiger partial charge on any atom is -0.378 e. The smallest absolute Gasteiger partial charge is 0.329 e. The third-order valence-electron chi connectivity index (χ3n) is 5.42. The molecule has 1 aliphatic carbocycles. The SMILES string of the molecule is Nc1nc(N2CCC[C@H]2[C@H]2CCCc3ccccc32)ncc1[N+](=O)[O-]. The summed E-state index contributed by atoms with van der Waals surface area (Å²) >= 11 is 0. The Balaban J connectivity index is 1.66. The largest absolute Gasteiger partial charge is 0.378 e. The second-order valence-electron chi connectivity index (χ2n) is 6.80. The van der Waals surface area contributed by atoms with E-state index in [1.165, 1.54) is 23.7 Å². The molecule has 1 aromatic carbocycles. The molecule has 0 bridgehead atoms. The monoisotopic (exact) mass is 339 g/mol.